The van der Waals surface area contributed by atoms with Gasteiger partial charge in [0.1, 0.15) is 9.65 Å². The lowest BCUT2D eigenvalue weighted by atomic mass is 10.2. The minimum absolute atomic E-state index is 0.190. The van der Waals surface area contributed by atoms with Gasteiger partial charge in [0.15, 0.2) is 0 Å². The van der Waals surface area contributed by atoms with E-state index in [0.29, 0.717) is 13.2 Å². The number of hydrogen-bond acceptors (Lipinski definition) is 4. The van der Waals surface area contributed by atoms with Crippen LogP contribution in [-0.2, 0) is 19.1 Å². The summed E-state index contributed by atoms with van der Waals surface area (Å²) in [6.45, 7) is 4.77. The zero-order chi connectivity index (χ0) is 15.4. The number of carbonyl (C=O) groups is 2. The molecule has 0 amide bonds. The minimum Gasteiger partial charge on any atom is -0.465 e. The summed E-state index contributed by atoms with van der Waals surface area (Å²) in [4.78, 5) is 22.3. The largest absolute Gasteiger partial charge is 0.465 e. The Balaban J connectivity index is 3.37. The number of ether oxygens (including phenoxy) is 2. The second kappa shape index (κ2) is 12.6. The highest BCUT2D eigenvalue weighted by atomic mass is 79.9. The van der Waals surface area contributed by atoms with Gasteiger partial charge >= 0.3 is 11.9 Å². The van der Waals surface area contributed by atoms with Crippen LogP contribution in [-0.4, -0.2) is 34.8 Å². The Morgan fingerprint density at radius 2 is 1.15 bits per heavy atom. The van der Waals surface area contributed by atoms with Gasteiger partial charge < -0.3 is 9.47 Å². The van der Waals surface area contributed by atoms with Gasteiger partial charge in [0.25, 0.3) is 0 Å². The molecule has 2 atom stereocenters. The molecule has 4 nitrogen and oxygen atoms in total. The van der Waals surface area contributed by atoms with E-state index in [1.165, 1.54) is 0 Å². The predicted molar refractivity (Wildman–Crippen MR) is 86.4 cm³/mol. The molecule has 0 N–H and O–H groups in total. The quantitative estimate of drug-likeness (QED) is 0.291. The molecule has 0 radical (unpaired) electrons. The monoisotopic (exact) mass is 414 g/mol. The van der Waals surface area contributed by atoms with Crippen molar-refractivity contribution in [2.24, 2.45) is 0 Å². The van der Waals surface area contributed by atoms with Crippen LogP contribution in [0.1, 0.15) is 52.4 Å². The van der Waals surface area contributed by atoms with Crippen molar-refractivity contribution in [1.82, 2.24) is 0 Å². The first kappa shape index (κ1) is 19.9. The summed E-state index contributed by atoms with van der Waals surface area (Å²) in [6, 6.07) is 0. The summed E-state index contributed by atoms with van der Waals surface area (Å²) < 4.78 is 10.2. The average Bonchev–Trinajstić information content (AvgIpc) is 2.47. The Labute approximate surface area is 138 Å². The summed E-state index contributed by atoms with van der Waals surface area (Å²) in [5.74, 6) is -0.381. The molecule has 0 aromatic heterocycles. The SMILES string of the molecule is CCC(Br)C(=O)OCCCCCCOC(=O)C(Br)CC. The number of carbonyl (C=O) groups excluding carboxylic acids is 2. The van der Waals surface area contributed by atoms with E-state index in [2.05, 4.69) is 31.9 Å². The summed E-state index contributed by atoms with van der Waals surface area (Å²) >= 11 is 6.50. The molecule has 118 valence electrons. The highest BCUT2D eigenvalue weighted by molar-refractivity contribution is 9.10. The van der Waals surface area contributed by atoms with Crippen LogP contribution in [0.5, 0.6) is 0 Å². The molecular formula is C14H24Br2O4. The van der Waals surface area contributed by atoms with Gasteiger partial charge in [-0.3, -0.25) is 9.59 Å². The molecule has 0 rings (SSSR count). The molecule has 0 aliphatic heterocycles. The van der Waals surface area contributed by atoms with Crippen molar-refractivity contribution in [1.29, 1.82) is 0 Å². The summed E-state index contributed by atoms with van der Waals surface area (Å²) in [7, 11) is 0. The van der Waals surface area contributed by atoms with E-state index in [0.717, 1.165) is 38.5 Å². The Kier molecular flexibility index (Phi) is 12.6. The van der Waals surface area contributed by atoms with Gasteiger partial charge in [-0.1, -0.05) is 45.7 Å². The molecule has 2 unspecified atom stereocenters. The topological polar surface area (TPSA) is 52.6 Å². The third-order valence-corrected chi connectivity index (χ3v) is 4.80. The van der Waals surface area contributed by atoms with Gasteiger partial charge in [0, 0.05) is 0 Å². The van der Waals surface area contributed by atoms with Crippen LogP contribution in [0.15, 0.2) is 0 Å². The highest BCUT2D eigenvalue weighted by Crippen LogP contribution is 2.09. The second-order valence-electron chi connectivity index (χ2n) is 4.50. The second-order valence-corrected chi connectivity index (χ2v) is 6.71. The van der Waals surface area contributed by atoms with Gasteiger partial charge in [-0.15, -0.1) is 0 Å². The van der Waals surface area contributed by atoms with Crippen LogP contribution in [0.25, 0.3) is 0 Å². The number of unbranched alkanes of at least 4 members (excludes halogenated alkanes) is 3. The van der Waals surface area contributed by atoms with Crippen molar-refractivity contribution in [3.63, 3.8) is 0 Å². The van der Waals surface area contributed by atoms with E-state index >= 15 is 0 Å². The fraction of sp³-hybridized carbons (Fsp3) is 0.857. The van der Waals surface area contributed by atoms with Gasteiger partial charge in [-0.2, -0.15) is 0 Å². The number of hydrogen-bond donors (Lipinski definition) is 0. The fourth-order valence-electron chi connectivity index (χ4n) is 1.42. The van der Waals surface area contributed by atoms with E-state index in [1.54, 1.807) is 0 Å². The molecule has 0 aliphatic rings. The fourth-order valence-corrected chi connectivity index (χ4v) is 1.68. The van der Waals surface area contributed by atoms with Crippen LogP contribution in [0.2, 0.25) is 0 Å². The maximum atomic E-state index is 11.3. The third kappa shape index (κ3) is 9.75. The molecule has 0 fully saturated rings. The maximum absolute atomic E-state index is 11.3. The molecule has 0 heterocycles. The molecule has 6 heteroatoms. The van der Waals surface area contributed by atoms with Crippen LogP contribution < -0.4 is 0 Å². The lowest BCUT2D eigenvalue weighted by Gasteiger charge is -2.09. The van der Waals surface area contributed by atoms with Crippen molar-refractivity contribution in [2.75, 3.05) is 13.2 Å². The standard InChI is InChI=1S/C14H24Br2O4/c1-3-11(15)13(17)19-9-7-5-6-8-10-20-14(18)12(16)4-2/h11-12H,3-10H2,1-2H3. The van der Waals surface area contributed by atoms with Crippen molar-refractivity contribution in [3.05, 3.63) is 0 Å². The molecule has 0 aliphatic carbocycles. The summed E-state index contributed by atoms with van der Waals surface area (Å²) in [5.41, 5.74) is 0. The zero-order valence-electron chi connectivity index (χ0n) is 12.2. The normalized spacial score (nSPS) is 13.6. The average molecular weight is 416 g/mol. The van der Waals surface area contributed by atoms with Crippen molar-refractivity contribution in [2.45, 2.75) is 62.0 Å². The van der Waals surface area contributed by atoms with Crippen LogP contribution >= 0.6 is 31.9 Å². The Bertz CT molecular complexity index is 256. The first-order valence-corrected chi connectivity index (χ1v) is 8.97. The number of esters is 2. The van der Waals surface area contributed by atoms with E-state index in [-0.39, 0.29) is 21.6 Å². The van der Waals surface area contributed by atoms with Crippen LogP contribution in [0.4, 0.5) is 0 Å². The maximum Gasteiger partial charge on any atom is 0.319 e. The lowest BCUT2D eigenvalue weighted by molar-refractivity contribution is -0.144. The molecule has 0 spiro atoms. The summed E-state index contributed by atoms with van der Waals surface area (Å²) in [5, 5.41) is 0. The zero-order valence-corrected chi connectivity index (χ0v) is 15.4. The van der Waals surface area contributed by atoms with Crippen molar-refractivity contribution < 1.29 is 19.1 Å². The van der Waals surface area contributed by atoms with E-state index < -0.39 is 0 Å². The number of halogens is 2. The smallest absolute Gasteiger partial charge is 0.319 e. The Morgan fingerprint density at radius 1 is 0.800 bits per heavy atom. The lowest BCUT2D eigenvalue weighted by Crippen LogP contribution is -2.17. The van der Waals surface area contributed by atoms with Gasteiger partial charge in [0.05, 0.1) is 13.2 Å². The molecular weight excluding hydrogens is 392 g/mol. The molecule has 20 heavy (non-hydrogen) atoms. The highest BCUT2D eigenvalue weighted by Gasteiger charge is 2.14. The first-order valence-electron chi connectivity index (χ1n) is 7.14. The predicted octanol–water partition coefficient (Wildman–Crippen LogP) is 3.98. The molecule has 0 aromatic rings. The summed E-state index contributed by atoms with van der Waals surface area (Å²) in [6.07, 6.45) is 5.09. The van der Waals surface area contributed by atoms with Crippen LogP contribution in [0.3, 0.4) is 0 Å². The van der Waals surface area contributed by atoms with Crippen LogP contribution in [0, 0.1) is 0 Å². The van der Waals surface area contributed by atoms with Crippen molar-refractivity contribution in [3.8, 4) is 0 Å². The third-order valence-electron chi connectivity index (χ3n) is 2.76. The van der Waals surface area contributed by atoms with E-state index in [9.17, 15) is 9.59 Å². The van der Waals surface area contributed by atoms with Gasteiger partial charge in [0.2, 0.25) is 0 Å². The van der Waals surface area contributed by atoms with Gasteiger partial charge in [-0.05, 0) is 38.5 Å². The Morgan fingerprint density at radius 3 is 1.45 bits per heavy atom. The first-order chi connectivity index (χ1) is 9.52. The molecule has 0 bridgehead atoms. The molecule has 0 saturated heterocycles. The van der Waals surface area contributed by atoms with E-state index in [1.807, 2.05) is 13.8 Å². The van der Waals surface area contributed by atoms with Gasteiger partial charge in [-0.25, -0.2) is 0 Å². The number of rotatable bonds is 11. The molecule has 0 saturated carbocycles. The van der Waals surface area contributed by atoms with Crippen molar-refractivity contribution >= 4 is 43.8 Å². The number of alkyl halides is 2. The van der Waals surface area contributed by atoms with E-state index in [4.69, 9.17) is 9.47 Å². The Hall–Kier alpha value is -0.100. The molecule has 0 aromatic carbocycles. The minimum atomic E-state index is -0.197.